The van der Waals surface area contributed by atoms with Gasteiger partial charge in [-0.2, -0.15) is 0 Å². The van der Waals surface area contributed by atoms with Crippen LogP contribution >= 0.6 is 11.3 Å². The summed E-state index contributed by atoms with van der Waals surface area (Å²) in [6.07, 6.45) is 1.66. The number of ether oxygens (including phenoxy) is 1. The lowest BCUT2D eigenvalue weighted by Gasteiger charge is -2.12. The number of hydrogen-bond donors (Lipinski definition) is 2. The highest BCUT2D eigenvalue weighted by Gasteiger charge is 2.07. The van der Waals surface area contributed by atoms with Gasteiger partial charge in [0.2, 0.25) is 5.89 Å². The van der Waals surface area contributed by atoms with Crippen molar-refractivity contribution in [2.75, 3.05) is 19.7 Å². The molecule has 2 heterocycles. The summed E-state index contributed by atoms with van der Waals surface area (Å²) in [7, 11) is 0. The first-order valence-electron chi connectivity index (χ1n) is 8.94. The van der Waals surface area contributed by atoms with Gasteiger partial charge in [0.25, 0.3) is 0 Å². The number of nitrogens with one attached hydrogen (secondary N) is 2. The lowest BCUT2D eigenvalue weighted by molar-refractivity contribution is 0.322. The predicted octanol–water partition coefficient (Wildman–Crippen LogP) is 3.85. The van der Waals surface area contributed by atoms with Gasteiger partial charge in [0.1, 0.15) is 24.3 Å². The minimum Gasteiger partial charge on any atom is -0.492 e. The quantitative estimate of drug-likeness (QED) is 0.351. The molecule has 0 spiro atoms. The molecular weight excluding hydrogens is 360 g/mol. The summed E-state index contributed by atoms with van der Waals surface area (Å²) in [5, 5.41) is 8.49. The molecule has 2 aromatic heterocycles. The zero-order valence-electron chi connectivity index (χ0n) is 15.6. The minimum absolute atomic E-state index is 0.447. The van der Waals surface area contributed by atoms with Crippen molar-refractivity contribution in [3.05, 3.63) is 59.3 Å². The van der Waals surface area contributed by atoms with Gasteiger partial charge in [-0.15, -0.1) is 11.3 Å². The van der Waals surface area contributed by atoms with Gasteiger partial charge < -0.3 is 19.8 Å². The van der Waals surface area contributed by atoms with E-state index in [1.807, 2.05) is 48.7 Å². The van der Waals surface area contributed by atoms with E-state index in [0.29, 0.717) is 25.6 Å². The first kappa shape index (κ1) is 19.0. The van der Waals surface area contributed by atoms with Crippen LogP contribution in [0.2, 0.25) is 0 Å². The van der Waals surface area contributed by atoms with Gasteiger partial charge in [-0.25, -0.2) is 9.98 Å². The zero-order valence-corrected chi connectivity index (χ0v) is 16.4. The second-order valence-corrected chi connectivity index (χ2v) is 6.85. The Morgan fingerprint density at radius 2 is 2.07 bits per heavy atom. The Hall–Kier alpha value is -2.80. The van der Waals surface area contributed by atoms with Crippen molar-refractivity contribution in [2.24, 2.45) is 4.99 Å². The highest BCUT2D eigenvalue weighted by molar-refractivity contribution is 7.13. The third-order valence-electron chi connectivity index (χ3n) is 3.71. The number of aromatic nitrogens is 1. The lowest BCUT2D eigenvalue weighted by atomic mass is 10.2. The van der Waals surface area contributed by atoms with E-state index < -0.39 is 0 Å². The summed E-state index contributed by atoms with van der Waals surface area (Å²) in [6.45, 7) is 6.53. The Balaban J connectivity index is 1.48. The topological polar surface area (TPSA) is 71.7 Å². The molecule has 0 saturated heterocycles. The van der Waals surface area contributed by atoms with E-state index in [0.717, 1.165) is 28.8 Å². The van der Waals surface area contributed by atoms with Crippen molar-refractivity contribution in [2.45, 2.75) is 20.4 Å². The maximum absolute atomic E-state index is 5.73. The molecule has 3 rings (SSSR count). The van der Waals surface area contributed by atoms with Crippen LogP contribution in [0.4, 0.5) is 0 Å². The first-order valence-corrected chi connectivity index (χ1v) is 9.82. The van der Waals surface area contributed by atoms with Crippen molar-refractivity contribution < 1.29 is 9.15 Å². The smallest absolute Gasteiger partial charge is 0.236 e. The van der Waals surface area contributed by atoms with Crippen molar-refractivity contribution in [3.63, 3.8) is 0 Å². The average molecular weight is 385 g/mol. The Kier molecular flexibility index (Phi) is 6.87. The normalized spacial score (nSPS) is 11.4. The number of guanidine groups is 1. The van der Waals surface area contributed by atoms with Gasteiger partial charge in [-0.05, 0) is 37.4 Å². The van der Waals surface area contributed by atoms with Crippen LogP contribution in [0, 0.1) is 6.92 Å². The third kappa shape index (κ3) is 5.86. The summed E-state index contributed by atoms with van der Waals surface area (Å²) in [5.74, 6) is 2.23. The standard InChI is InChI=1S/C20H24N4O2S/c1-3-21-20(22-10-11-25-17-8-6-15(2)7-9-17)23-13-16-14-26-19(24-16)18-5-4-12-27-18/h4-9,12,14H,3,10-11,13H2,1-2H3,(H2,21,22,23). The van der Waals surface area contributed by atoms with Gasteiger partial charge in [0.05, 0.1) is 18.0 Å². The van der Waals surface area contributed by atoms with E-state index >= 15 is 0 Å². The molecule has 0 amide bonds. The lowest BCUT2D eigenvalue weighted by Crippen LogP contribution is -2.39. The number of rotatable bonds is 8. The van der Waals surface area contributed by atoms with E-state index in [2.05, 4.69) is 27.5 Å². The summed E-state index contributed by atoms with van der Waals surface area (Å²) >= 11 is 1.60. The monoisotopic (exact) mass is 384 g/mol. The minimum atomic E-state index is 0.447. The van der Waals surface area contributed by atoms with Crippen LogP contribution in [-0.2, 0) is 6.54 Å². The van der Waals surface area contributed by atoms with Gasteiger partial charge in [-0.3, -0.25) is 0 Å². The number of oxazole rings is 1. The molecule has 0 aliphatic heterocycles. The second-order valence-electron chi connectivity index (χ2n) is 5.90. The van der Waals surface area contributed by atoms with Crippen LogP contribution in [0.1, 0.15) is 18.2 Å². The largest absolute Gasteiger partial charge is 0.492 e. The molecule has 0 fully saturated rings. The molecule has 6 nitrogen and oxygen atoms in total. The van der Waals surface area contributed by atoms with E-state index in [1.54, 1.807) is 17.6 Å². The number of thiophene rings is 1. The van der Waals surface area contributed by atoms with Crippen molar-refractivity contribution in [1.82, 2.24) is 15.6 Å². The van der Waals surface area contributed by atoms with E-state index in [1.165, 1.54) is 5.56 Å². The molecule has 142 valence electrons. The number of hydrogen-bond acceptors (Lipinski definition) is 5. The van der Waals surface area contributed by atoms with E-state index in [4.69, 9.17) is 9.15 Å². The summed E-state index contributed by atoms with van der Waals surface area (Å²) in [6, 6.07) is 12.0. The molecule has 1 aromatic carbocycles. The fourth-order valence-electron chi connectivity index (χ4n) is 2.37. The molecule has 0 atom stereocenters. The van der Waals surface area contributed by atoms with Gasteiger partial charge in [-0.1, -0.05) is 23.8 Å². The Labute approximate surface area is 163 Å². The van der Waals surface area contributed by atoms with E-state index in [9.17, 15) is 0 Å². The molecular formula is C20H24N4O2S. The van der Waals surface area contributed by atoms with Crippen molar-refractivity contribution in [1.29, 1.82) is 0 Å². The van der Waals surface area contributed by atoms with Gasteiger partial charge >= 0.3 is 0 Å². The number of nitrogens with zero attached hydrogens (tertiary/aromatic N) is 2. The molecule has 2 N–H and O–H groups in total. The van der Waals surface area contributed by atoms with Gasteiger partial charge in [0.15, 0.2) is 5.96 Å². The fourth-order valence-corrected chi connectivity index (χ4v) is 3.02. The van der Waals surface area contributed by atoms with Crippen LogP contribution in [-0.4, -0.2) is 30.6 Å². The summed E-state index contributed by atoms with van der Waals surface area (Å²) < 4.78 is 11.3. The molecule has 0 unspecified atom stereocenters. The zero-order chi connectivity index (χ0) is 18.9. The third-order valence-corrected chi connectivity index (χ3v) is 4.57. The molecule has 0 radical (unpaired) electrons. The molecule has 0 aliphatic carbocycles. The number of benzene rings is 1. The Bertz CT molecular complexity index is 841. The SMILES string of the molecule is CCNC(=NCc1coc(-c2cccs2)n1)NCCOc1ccc(C)cc1. The van der Waals surface area contributed by atoms with Gasteiger partial charge in [0, 0.05) is 6.54 Å². The molecule has 7 heteroatoms. The summed E-state index contributed by atoms with van der Waals surface area (Å²) in [4.78, 5) is 10.1. The average Bonchev–Trinajstić information content (AvgIpc) is 3.36. The maximum atomic E-state index is 5.73. The van der Waals surface area contributed by atoms with Crippen molar-refractivity contribution >= 4 is 17.3 Å². The maximum Gasteiger partial charge on any atom is 0.236 e. The Morgan fingerprint density at radius 3 is 2.81 bits per heavy atom. The Morgan fingerprint density at radius 1 is 1.22 bits per heavy atom. The van der Waals surface area contributed by atoms with E-state index in [-0.39, 0.29) is 0 Å². The molecule has 0 saturated carbocycles. The van der Waals surface area contributed by atoms with Crippen LogP contribution in [0.5, 0.6) is 5.75 Å². The van der Waals surface area contributed by atoms with Crippen LogP contribution in [0.25, 0.3) is 10.8 Å². The predicted molar refractivity (Wildman–Crippen MR) is 109 cm³/mol. The first-order chi connectivity index (χ1) is 13.2. The number of aryl methyl sites for hydroxylation is 1. The van der Waals surface area contributed by atoms with Crippen LogP contribution in [0.3, 0.4) is 0 Å². The molecule has 0 bridgehead atoms. The van der Waals surface area contributed by atoms with Crippen molar-refractivity contribution in [3.8, 4) is 16.5 Å². The van der Waals surface area contributed by atoms with Crippen LogP contribution in [0.15, 0.2) is 57.5 Å². The number of aliphatic imine (C=N–C) groups is 1. The highest BCUT2D eigenvalue weighted by Crippen LogP contribution is 2.23. The fraction of sp³-hybridized carbons (Fsp3) is 0.300. The molecule has 0 aliphatic rings. The highest BCUT2D eigenvalue weighted by atomic mass is 32.1. The molecule has 3 aromatic rings. The second kappa shape index (κ2) is 9.78. The molecule has 27 heavy (non-hydrogen) atoms. The van der Waals surface area contributed by atoms with Crippen LogP contribution < -0.4 is 15.4 Å². The summed E-state index contributed by atoms with van der Waals surface area (Å²) in [5.41, 5.74) is 2.02.